The number of nitrogens with zero attached hydrogens (tertiary/aromatic N) is 4. The van der Waals surface area contributed by atoms with Crippen molar-refractivity contribution in [2.24, 2.45) is 0 Å². The summed E-state index contributed by atoms with van der Waals surface area (Å²) in [7, 11) is 0. The molecule has 0 aliphatic rings. The molecule has 14 heavy (non-hydrogen) atoms. The third kappa shape index (κ3) is 1.52. The van der Waals surface area contributed by atoms with Crippen molar-refractivity contribution in [3.05, 3.63) is 12.7 Å². The number of anilines is 1. The van der Waals surface area contributed by atoms with Crippen LogP contribution in [0, 0.1) is 0 Å². The fourth-order valence-electron chi connectivity index (χ4n) is 1.30. The number of thiol groups is 1. The first-order valence-corrected chi connectivity index (χ1v) is 4.98. The van der Waals surface area contributed by atoms with E-state index in [0.29, 0.717) is 11.3 Å². The summed E-state index contributed by atoms with van der Waals surface area (Å²) >= 11 is 4.16. The highest BCUT2D eigenvalue weighted by Gasteiger charge is 2.06. The van der Waals surface area contributed by atoms with Gasteiger partial charge in [0, 0.05) is 6.54 Å². The summed E-state index contributed by atoms with van der Waals surface area (Å²) in [6.45, 7) is 0.858. The second kappa shape index (κ2) is 3.83. The quantitative estimate of drug-likeness (QED) is 0.731. The van der Waals surface area contributed by atoms with Gasteiger partial charge >= 0.3 is 0 Å². The maximum absolute atomic E-state index is 5.66. The smallest absolute Gasteiger partial charge is 0.165 e. The molecule has 2 aromatic rings. The van der Waals surface area contributed by atoms with E-state index in [2.05, 4.69) is 27.6 Å². The standard InChI is InChI=1S/C8H11N5S/c9-7-6-8(11-4-10-7)13(5-12-6)2-1-3-14/h4-5,14H,1-3H2,(H2,9,10,11). The van der Waals surface area contributed by atoms with E-state index in [1.165, 1.54) is 6.33 Å². The molecule has 2 heterocycles. The minimum absolute atomic E-state index is 0.430. The molecule has 0 unspecified atom stereocenters. The van der Waals surface area contributed by atoms with Gasteiger partial charge in [0.25, 0.3) is 0 Å². The highest BCUT2D eigenvalue weighted by atomic mass is 32.1. The molecule has 0 amide bonds. The van der Waals surface area contributed by atoms with Crippen LogP contribution in [-0.2, 0) is 6.54 Å². The molecule has 0 aromatic carbocycles. The summed E-state index contributed by atoms with van der Waals surface area (Å²) in [5, 5.41) is 0. The Hall–Kier alpha value is -1.30. The number of nitrogen functional groups attached to an aromatic ring is 1. The lowest BCUT2D eigenvalue weighted by atomic mass is 10.4. The van der Waals surface area contributed by atoms with Gasteiger partial charge in [-0.3, -0.25) is 0 Å². The zero-order chi connectivity index (χ0) is 9.97. The first-order chi connectivity index (χ1) is 6.83. The van der Waals surface area contributed by atoms with E-state index in [9.17, 15) is 0 Å². The summed E-state index contributed by atoms with van der Waals surface area (Å²) in [4.78, 5) is 12.2. The van der Waals surface area contributed by atoms with E-state index < -0.39 is 0 Å². The van der Waals surface area contributed by atoms with Gasteiger partial charge in [-0.2, -0.15) is 12.6 Å². The van der Waals surface area contributed by atoms with Crippen molar-refractivity contribution in [2.75, 3.05) is 11.5 Å². The van der Waals surface area contributed by atoms with Crippen LogP contribution in [0.1, 0.15) is 6.42 Å². The van der Waals surface area contributed by atoms with Crippen LogP contribution in [0.5, 0.6) is 0 Å². The molecule has 6 heteroatoms. The van der Waals surface area contributed by atoms with Gasteiger partial charge in [-0.05, 0) is 12.2 Å². The van der Waals surface area contributed by atoms with Crippen molar-refractivity contribution in [2.45, 2.75) is 13.0 Å². The minimum atomic E-state index is 0.430. The summed E-state index contributed by atoms with van der Waals surface area (Å²) < 4.78 is 1.96. The third-order valence-electron chi connectivity index (χ3n) is 1.99. The SMILES string of the molecule is Nc1ncnc2c1ncn2CCCS. The highest BCUT2D eigenvalue weighted by Crippen LogP contribution is 2.14. The molecule has 5 nitrogen and oxygen atoms in total. The molecule has 2 N–H and O–H groups in total. The van der Waals surface area contributed by atoms with Gasteiger partial charge < -0.3 is 10.3 Å². The van der Waals surface area contributed by atoms with E-state index in [1.54, 1.807) is 6.33 Å². The Labute approximate surface area is 86.8 Å². The Morgan fingerprint density at radius 1 is 1.36 bits per heavy atom. The van der Waals surface area contributed by atoms with Crippen molar-refractivity contribution >= 4 is 29.6 Å². The number of aromatic nitrogens is 4. The maximum atomic E-state index is 5.66. The Kier molecular flexibility index (Phi) is 2.53. The van der Waals surface area contributed by atoms with E-state index in [-0.39, 0.29) is 0 Å². The zero-order valence-corrected chi connectivity index (χ0v) is 8.48. The molecule has 2 rings (SSSR count). The van der Waals surface area contributed by atoms with Gasteiger partial charge in [0.15, 0.2) is 11.5 Å². The van der Waals surface area contributed by atoms with Gasteiger partial charge in [0.2, 0.25) is 0 Å². The van der Waals surface area contributed by atoms with Crippen LogP contribution < -0.4 is 5.73 Å². The van der Waals surface area contributed by atoms with Crippen molar-refractivity contribution in [1.82, 2.24) is 19.5 Å². The Bertz CT molecular complexity index is 438. The minimum Gasteiger partial charge on any atom is -0.382 e. The van der Waals surface area contributed by atoms with Crippen molar-refractivity contribution < 1.29 is 0 Å². The lowest BCUT2D eigenvalue weighted by molar-refractivity contribution is 0.697. The monoisotopic (exact) mass is 209 g/mol. The van der Waals surface area contributed by atoms with Gasteiger partial charge in [0.05, 0.1) is 6.33 Å². The van der Waals surface area contributed by atoms with Crippen molar-refractivity contribution in [3.8, 4) is 0 Å². The number of hydrogen-bond acceptors (Lipinski definition) is 5. The number of hydrogen-bond donors (Lipinski definition) is 2. The average Bonchev–Trinajstić information content (AvgIpc) is 2.60. The van der Waals surface area contributed by atoms with E-state index in [0.717, 1.165) is 24.4 Å². The first kappa shape index (κ1) is 9.26. The fourth-order valence-corrected chi connectivity index (χ4v) is 1.44. The average molecular weight is 209 g/mol. The van der Waals surface area contributed by atoms with Crippen molar-refractivity contribution in [1.29, 1.82) is 0 Å². The number of rotatable bonds is 3. The molecule has 0 saturated carbocycles. The van der Waals surface area contributed by atoms with Crippen LogP contribution in [0.15, 0.2) is 12.7 Å². The topological polar surface area (TPSA) is 69.6 Å². The van der Waals surface area contributed by atoms with Crippen LogP contribution in [0.25, 0.3) is 11.2 Å². The second-order valence-electron chi connectivity index (χ2n) is 2.95. The van der Waals surface area contributed by atoms with Gasteiger partial charge in [-0.15, -0.1) is 0 Å². The van der Waals surface area contributed by atoms with Crippen LogP contribution in [0.2, 0.25) is 0 Å². The van der Waals surface area contributed by atoms with Gasteiger partial charge in [-0.25, -0.2) is 15.0 Å². The zero-order valence-electron chi connectivity index (χ0n) is 7.59. The van der Waals surface area contributed by atoms with Crippen LogP contribution >= 0.6 is 12.6 Å². The van der Waals surface area contributed by atoms with Crippen LogP contribution in [0.3, 0.4) is 0 Å². The lowest BCUT2D eigenvalue weighted by Crippen LogP contribution is -1.99. The largest absolute Gasteiger partial charge is 0.382 e. The summed E-state index contributed by atoms with van der Waals surface area (Å²) in [5.41, 5.74) is 7.12. The van der Waals surface area contributed by atoms with Gasteiger partial charge in [-0.1, -0.05) is 0 Å². The molecule has 0 atom stereocenters. The Morgan fingerprint density at radius 3 is 3.00 bits per heavy atom. The highest BCUT2D eigenvalue weighted by molar-refractivity contribution is 7.80. The van der Waals surface area contributed by atoms with Gasteiger partial charge in [0.1, 0.15) is 11.8 Å². The predicted molar refractivity (Wildman–Crippen MR) is 58.2 cm³/mol. The Balaban J connectivity index is 2.42. The second-order valence-corrected chi connectivity index (χ2v) is 3.39. The molecule has 0 bridgehead atoms. The molecule has 0 aliphatic carbocycles. The molecule has 0 radical (unpaired) electrons. The molecule has 0 saturated heterocycles. The predicted octanol–water partition coefficient (Wildman–Crippen LogP) is 0.728. The maximum Gasteiger partial charge on any atom is 0.165 e. The summed E-state index contributed by atoms with van der Waals surface area (Å²) in [6, 6.07) is 0. The molecule has 0 spiro atoms. The van der Waals surface area contributed by atoms with E-state index in [4.69, 9.17) is 5.73 Å². The molecule has 74 valence electrons. The molecule has 2 aromatic heterocycles. The van der Waals surface area contributed by atoms with E-state index in [1.807, 2.05) is 4.57 Å². The summed E-state index contributed by atoms with van der Waals surface area (Å²) in [5.74, 6) is 1.28. The number of fused-ring (bicyclic) bond motifs is 1. The normalized spacial score (nSPS) is 10.9. The van der Waals surface area contributed by atoms with Crippen LogP contribution in [0.4, 0.5) is 5.82 Å². The first-order valence-electron chi connectivity index (χ1n) is 4.35. The third-order valence-corrected chi connectivity index (χ3v) is 2.30. The fraction of sp³-hybridized carbons (Fsp3) is 0.375. The molecular weight excluding hydrogens is 198 g/mol. The number of imidazole rings is 1. The molecule has 0 aliphatic heterocycles. The number of aryl methyl sites for hydroxylation is 1. The van der Waals surface area contributed by atoms with E-state index >= 15 is 0 Å². The molecule has 0 fully saturated rings. The number of nitrogens with two attached hydrogens (primary N) is 1. The van der Waals surface area contributed by atoms with Crippen LogP contribution in [-0.4, -0.2) is 25.3 Å². The molecular formula is C8H11N5S. The Morgan fingerprint density at radius 2 is 2.21 bits per heavy atom. The lowest BCUT2D eigenvalue weighted by Gasteiger charge is -2.00. The summed E-state index contributed by atoms with van der Waals surface area (Å²) in [6.07, 6.45) is 4.17. The van der Waals surface area contributed by atoms with Crippen molar-refractivity contribution in [3.63, 3.8) is 0 Å².